The molecule has 1 heterocycles. The SMILES string of the molecule is CCNC(=NCc1cccc(Cn2cncn2)c1)NCC(O)c1ccc(OC(C)C)cc1.I. The standard InChI is InChI=1S/C24H32N6O2.HI/c1-4-26-24(28-14-23(31)21-8-10-22(11-9-21)32-18(2)3)27-13-19-6-5-7-20(12-19)15-30-17-25-16-29-30;/h5-12,16-18,23,31H,4,13-15H2,1-3H3,(H2,26,27,28);1H. The lowest BCUT2D eigenvalue weighted by molar-refractivity contribution is 0.180. The molecule has 0 aliphatic rings. The van der Waals surface area contributed by atoms with Crippen molar-refractivity contribution in [2.75, 3.05) is 13.1 Å². The third-order valence-corrected chi connectivity index (χ3v) is 4.67. The van der Waals surface area contributed by atoms with Gasteiger partial charge in [0.15, 0.2) is 5.96 Å². The predicted octanol–water partition coefficient (Wildman–Crippen LogP) is 3.52. The molecule has 0 saturated heterocycles. The predicted molar refractivity (Wildman–Crippen MR) is 141 cm³/mol. The van der Waals surface area contributed by atoms with Gasteiger partial charge in [-0.2, -0.15) is 5.10 Å². The molecule has 0 aliphatic carbocycles. The minimum absolute atomic E-state index is 0. The van der Waals surface area contributed by atoms with Gasteiger partial charge in [0.2, 0.25) is 0 Å². The van der Waals surface area contributed by atoms with Gasteiger partial charge in [0, 0.05) is 13.1 Å². The molecule has 0 amide bonds. The molecule has 8 nitrogen and oxygen atoms in total. The van der Waals surface area contributed by atoms with Crippen LogP contribution in [0.4, 0.5) is 0 Å². The van der Waals surface area contributed by atoms with Gasteiger partial charge in [-0.1, -0.05) is 36.4 Å². The molecule has 9 heteroatoms. The third-order valence-electron chi connectivity index (χ3n) is 4.67. The van der Waals surface area contributed by atoms with Crippen LogP contribution in [0.5, 0.6) is 5.75 Å². The van der Waals surface area contributed by atoms with E-state index in [1.807, 2.05) is 57.2 Å². The molecule has 1 aromatic heterocycles. The smallest absolute Gasteiger partial charge is 0.191 e. The lowest BCUT2D eigenvalue weighted by Gasteiger charge is -2.16. The number of nitrogens with zero attached hydrogens (tertiary/aromatic N) is 4. The Kier molecular flexibility index (Phi) is 11.1. The fourth-order valence-electron chi connectivity index (χ4n) is 3.19. The van der Waals surface area contributed by atoms with E-state index in [0.717, 1.165) is 29.0 Å². The van der Waals surface area contributed by atoms with Crippen LogP contribution in [-0.4, -0.2) is 45.0 Å². The van der Waals surface area contributed by atoms with E-state index < -0.39 is 6.10 Å². The number of aliphatic hydroxyl groups is 1. The summed E-state index contributed by atoms with van der Waals surface area (Å²) in [7, 11) is 0. The molecule has 1 atom stereocenters. The van der Waals surface area contributed by atoms with Crippen LogP contribution in [0.15, 0.2) is 66.2 Å². The topological polar surface area (TPSA) is 96.6 Å². The molecule has 3 N–H and O–H groups in total. The first-order valence-electron chi connectivity index (χ1n) is 10.9. The van der Waals surface area contributed by atoms with Crippen LogP contribution in [0, 0.1) is 0 Å². The normalized spacial score (nSPS) is 12.2. The van der Waals surface area contributed by atoms with E-state index in [0.29, 0.717) is 25.6 Å². The first-order valence-corrected chi connectivity index (χ1v) is 10.9. The number of ether oxygens (including phenoxy) is 1. The van der Waals surface area contributed by atoms with Crippen molar-refractivity contribution in [1.82, 2.24) is 25.4 Å². The number of hydrogen-bond acceptors (Lipinski definition) is 5. The number of aromatic nitrogens is 3. The molecule has 0 saturated carbocycles. The van der Waals surface area contributed by atoms with Crippen LogP contribution < -0.4 is 15.4 Å². The molecule has 0 radical (unpaired) electrons. The van der Waals surface area contributed by atoms with Crippen LogP contribution in [0.25, 0.3) is 0 Å². The summed E-state index contributed by atoms with van der Waals surface area (Å²) in [6.07, 6.45) is 2.70. The number of benzene rings is 2. The largest absolute Gasteiger partial charge is 0.491 e. The summed E-state index contributed by atoms with van der Waals surface area (Å²) in [6.45, 7) is 8.27. The monoisotopic (exact) mass is 564 g/mol. The van der Waals surface area contributed by atoms with Crippen LogP contribution in [0.2, 0.25) is 0 Å². The summed E-state index contributed by atoms with van der Waals surface area (Å²) < 4.78 is 7.44. The maximum absolute atomic E-state index is 10.6. The Morgan fingerprint density at radius 2 is 1.88 bits per heavy atom. The molecule has 3 aromatic rings. The van der Waals surface area contributed by atoms with Crippen LogP contribution in [0.1, 0.15) is 43.6 Å². The van der Waals surface area contributed by atoms with Crippen molar-refractivity contribution in [3.05, 3.63) is 77.9 Å². The summed E-state index contributed by atoms with van der Waals surface area (Å²) in [5.74, 6) is 1.46. The van der Waals surface area contributed by atoms with E-state index in [-0.39, 0.29) is 30.1 Å². The fourth-order valence-corrected chi connectivity index (χ4v) is 3.19. The molecule has 2 aromatic carbocycles. The van der Waals surface area contributed by atoms with Crippen LogP contribution in [-0.2, 0) is 13.1 Å². The lowest BCUT2D eigenvalue weighted by Crippen LogP contribution is -2.39. The number of hydrogen-bond donors (Lipinski definition) is 3. The van der Waals surface area contributed by atoms with Crippen molar-refractivity contribution in [2.24, 2.45) is 4.99 Å². The van der Waals surface area contributed by atoms with Gasteiger partial charge in [0.1, 0.15) is 18.4 Å². The molecule has 0 bridgehead atoms. The average Bonchev–Trinajstić information content (AvgIpc) is 3.29. The van der Waals surface area contributed by atoms with Gasteiger partial charge in [-0.15, -0.1) is 24.0 Å². The lowest BCUT2D eigenvalue weighted by atomic mass is 10.1. The zero-order valence-electron chi connectivity index (χ0n) is 19.3. The maximum atomic E-state index is 10.6. The second kappa shape index (κ2) is 13.8. The number of aliphatic imine (C=N–C) groups is 1. The molecule has 1 unspecified atom stereocenters. The van der Waals surface area contributed by atoms with E-state index in [9.17, 15) is 5.11 Å². The van der Waals surface area contributed by atoms with Crippen molar-refractivity contribution in [3.8, 4) is 5.75 Å². The van der Waals surface area contributed by atoms with E-state index in [1.54, 1.807) is 11.0 Å². The van der Waals surface area contributed by atoms with Crippen molar-refractivity contribution >= 4 is 29.9 Å². The van der Waals surface area contributed by atoms with Crippen molar-refractivity contribution < 1.29 is 9.84 Å². The van der Waals surface area contributed by atoms with Gasteiger partial charge in [0.05, 0.1) is 25.3 Å². The molecular formula is C24H33IN6O2. The Morgan fingerprint density at radius 3 is 2.55 bits per heavy atom. The summed E-state index contributed by atoms with van der Waals surface area (Å²) in [5, 5.41) is 21.2. The van der Waals surface area contributed by atoms with Crippen molar-refractivity contribution in [3.63, 3.8) is 0 Å². The van der Waals surface area contributed by atoms with Gasteiger partial charge in [-0.3, -0.25) is 0 Å². The second-order valence-electron chi connectivity index (χ2n) is 7.74. The number of nitrogens with one attached hydrogen (secondary N) is 2. The Morgan fingerprint density at radius 1 is 1.12 bits per heavy atom. The molecule has 0 aliphatic heterocycles. The summed E-state index contributed by atoms with van der Waals surface area (Å²) in [5.41, 5.74) is 3.06. The highest BCUT2D eigenvalue weighted by molar-refractivity contribution is 14.0. The zero-order valence-corrected chi connectivity index (χ0v) is 21.6. The second-order valence-corrected chi connectivity index (χ2v) is 7.74. The minimum atomic E-state index is -0.655. The highest BCUT2D eigenvalue weighted by Gasteiger charge is 2.09. The van der Waals surface area contributed by atoms with E-state index >= 15 is 0 Å². The first kappa shape index (κ1) is 26.6. The van der Waals surface area contributed by atoms with E-state index in [2.05, 4.69) is 37.8 Å². The van der Waals surface area contributed by atoms with E-state index in [1.165, 1.54) is 6.33 Å². The number of aliphatic hydroxyl groups excluding tert-OH is 1. The van der Waals surface area contributed by atoms with Gasteiger partial charge < -0.3 is 20.5 Å². The zero-order chi connectivity index (χ0) is 22.8. The number of halogens is 1. The average molecular weight is 564 g/mol. The molecule has 0 spiro atoms. The van der Waals surface area contributed by atoms with Gasteiger partial charge >= 0.3 is 0 Å². The molecule has 33 heavy (non-hydrogen) atoms. The van der Waals surface area contributed by atoms with E-state index in [4.69, 9.17) is 4.74 Å². The molecule has 3 rings (SSSR count). The van der Waals surface area contributed by atoms with Crippen molar-refractivity contribution in [1.29, 1.82) is 0 Å². The van der Waals surface area contributed by atoms with Crippen LogP contribution in [0.3, 0.4) is 0 Å². The third kappa shape index (κ3) is 9.01. The highest BCUT2D eigenvalue weighted by atomic mass is 127. The Balaban J connectivity index is 0.00000385. The quantitative estimate of drug-likeness (QED) is 0.198. The molecular weight excluding hydrogens is 531 g/mol. The summed E-state index contributed by atoms with van der Waals surface area (Å²) in [6, 6.07) is 15.8. The van der Waals surface area contributed by atoms with Gasteiger partial charge in [-0.05, 0) is 49.6 Å². The molecule has 0 fully saturated rings. The Hall–Kier alpha value is -2.66. The van der Waals surface area contributed by atoms with Gasteiger partial charge in [0.25, 0.3) is 0 Å². The Bertz CT molecular complexity index is 977. The van der Waals surface area contributed by atoms with Crippen molar-refractivity contribution in [2.45, 2.75) is 46.1 Å². The summed E-state index contributed by atoms with van der Waals surface area (Å²) >= 11 is 0. The maximum Gasteiger partial charge on any atom is 0.191 e. The minimum Gasteiger partial charge on any atom is -0.491 e. The fraction of sp³-hybridized carbons (Fsp3) is 0.375. The van der Waals surface area contributed by atoms with Gasteiger partial charge in [-0.25, -0.2) is 14.7 Å². The van der Waals surface area contributed by atoms with Crippen LogP contribution >= 0.6 is 24.0 Å². The highest BCUT2D eigenvalue weighted by Crippen LogP contribution is 2.18. The Labute approximate surface area is 212 Å². The first-order chi connectivity index (χ1) is 15.5. The summed E-state index contributed by atoms with van der Waals surface area (Å²) in [4.78, 5) is 8.64. The molecule has 178 valence electrons. The number of guanidine groups is 1. The number of rotatable bonds is 10.